The van der Waals surface area contributed by atoms with Crippen molar-refractivity contribution in [3.05, 3.63) is 35.1 Å². The molecule has 0 fully saturated rings. The molecule has 1 rings (SSSR count). The van der Waals surface area contributed by atoms with Crippen LogP contribution in [0.4, 0.5) is 4.39 Å². The number of carbonyl (C=O) groups is 1. The molecule has 0 heterocycles. The molecule has 14 heavy (non-hydrogen) atoms. The van der Waals surface area contributed by atoms with Crippen molar-refractivity contribution in [2.45, 2.75) is 19.8 Å². The summed E-state index contributed by atoms with van der Waals surface area (Å²) in [6, 6.07) is 4.45. The average molecular weight is 196 g/mol. The van der Waals surface area contributed by atoms with Crippen molar-refractivity contribution in [3.63, 3.8) is 0 Å². The van der Waals surface area contributed by atoms with Crippen LogP contribution in [0.2, 0.25) is 0 Å². The Bertz CT molecular complexity index is 334. The second-order valence-corrected chi connectivity index (χ2v) is 3.19. The van der Waals surface area contributed by atoms with Gasteiger partial charge in [0.05, 0.1) is 0 Å². The highest BCUT2D eigenvalue weighted by molar-refractivity contribution is 5.94. The molecule has 0 aromatic heterocycles. The van der Waals surface area contributed by atoms with Gasteiger partial charge in [-0.05, 0) is 31.4 Å². The van der Waals surface area contributed by atoms with Crippen LogP contribution in [0.3, 0.4) is 0 Å². The monoisotopic (exact) mass is 196 g/mol. The highest BCUT2D eigenvalue weighted by atomic mass is 19.1. The topological polar surface area (TPSA) is 37.3 Å². The Hall–Kier alpha value is -1.22. The lowest BCUT2D eigenvalue weighted by Crippen LogP contribution is -1.98. The fraction of sp³-hybridized carbons (Fsp3) is 0.364. The van der Waals surface area contributed by atoms with Gasteiger partial charge in [-0.1, -0.05) is 12.1 Å². The van der Waals surface area contributed by atoms with Gasteiger partial charge in [0, 0.05) is 12.2 Å². The van der Waals surface area contributed by atoms with E-state index in [1.54, 1.807) is 12.1 Å². The minimum absolute atomic E-state index is 0.0495. The summed E-state index contributed by atoms with van der Waals surface area (Å²) in [6.07, 6.45) is 1.04. The van der Waals surface area contributed by atoms with Gasteiger partial charge in [0.15, 0.2) is 5.78 Å². The van der Waals surface area contributed by atoms with E-state index in [4.69, 9.17) is 5.11 Å². The Balaban J connectivity index is 2.84. The summed E-state index contributed by atoms with van der Waals surface area (Å²) in [4.78, 5) is 10.9. The summed E-state index contributed by atoms with van der Waals surface area (Å²) < 4.78 is 13.3. The smallest absolute Gasteiger partial charge is 0.159 e. The van der Waals surface area contributed by atoms with E-state index in [-0.39, 0.29) is 18.2 Å². The maximum atomic E-state index is 13.3. The van der Waals surface area contributed by atoms with Gasteiger partial charge in [0.25, 0.3) is 0 Å². The molecule has 1 aromatic carbocycles. The highest BCUT2D eigenvalue weighted by Crippen LogP contribution is 2.12. The summed E-state index contributed by atoms with van der Waals surface area (Å²) in [6.45, 7) is 1.45. The van der Waals surface area contributed by atoms with Crippen LogP contribution in [-0.2, 0) is 6.42 Å². The molecular formula is C11H13FO2. The zero-order chi connectivity index (χ0) is 10.6. The van der Waals surface area contributed by atoms with Crippen LogP contribution in [0.1, 0.15) is 29.3 Å². The first-order valence-corrected chi connectivity index (χ1v) is 4.55. The van der Waals surface area contributed by atoms with Crippen LogP contribution in [0.25, 0.3) is 0 Å². The summed E-state index contributed by atoms with van der Waals surface area (Å²) >= 11 is 0. The molecule has 0 saturated carbocycles. The van der Waals surface area contributed by atoms with Crippen molar-refractivity contribution >= 4 is 5.78 Å². The van der Waals surface area contributed by atoms with Gasteiger partial charge in [0.1, 0.15) is 5.82 Å². The molecular weight excluding hydrogens is 183 g/mol. The number of hydrogen-bond acceptors (Lipinski definition) is 2. The van der Waals surface area contributed by atoms with E-state index in [9.17, 15) is 9.18 Å². The van der Waals surface area contributed by atoms with Gasteiger partial charge in [-0.25, -0.2) is 4.39 Å². The van der Waals surface area contributed by atoms with Crippen molar-refractivity contribution < 1.29 is 14.3 Å². The molecule has 0 atom stereocenters. The first kappa shape index (κ1) is 10.9. The van der Waals surface area contributed by atoms with Gasteiger partial charge in [0.2, 0.25) is 0 Å². The van der Waals surface area contributed by atoms with Gasteiger partial charge in [-0.2, -0.15) is 0 Å². The molecule has 0 spiro atoms. The van der Waals surface area contributed by atoms with Crippen LogP contribution >= 0.6 is 0 Å². The summed E-state index contributed by atoms with van der Waals surface area (Å²) in [7, 11) is 0. The standard InChI is InChI=1S/C11H13FO2/c1-8(14)10-5-4-9(3-2-6-13)11(12)7-10/h4-5,7,13H,2-3,6H2,1H3. The minimum atomic E-state index is -0.369. The van der Waals surface area contributed by atoms with Crippen molar-refractivity contribution in [2.75, 3.05) is 6.61 Å². The van der Waals surface area contributed by atoms with Crippen LogP contribution in [0.15, 0.2) is 18.2 Å². The Morgan fingerprint density at radius 3 is 2.71 bits per heavy atom. The first-order valence-electron chi connectivity index (χ1n) is 4.55. The van der Waals surface area contributed by atoms with E-state index in [2.05, 4.69) is 0 Å². The largest absolute Gasteiger partial charge is 0.396 e. The number of aliphatic hydroxyl groups is 1. The molecule has 1 N–H and O–H groups in total. The van der Waals surface area contributed by atoms with E-state index < -0.39 is 0 Å². The van der Waals surface area contributed by atoms with Gasteiger partial charge in [-0.15, -0.1) is 0 Å². The Morgan fingerprint density at radius 2 is 2.21 bits per heavy atom. The quantitative estimate of drug-likeness (QED) is 0.747. The van der Waals surface area contributed by atoms with Gasteiger partial charge < -0.3 is 5.11 Å². The molecule has 0 aliphatic rings. The summed E-state index contributed by atoms with van der Waals surface area (Å²) in [5, 5.41) is 8.58. The Kier molecular flexibility index (Phi) is 3.77. The average Bonchev–Trinajstić information content (AvgIpc) is 2.15. The third kappa shape index (κ3) is 2.64. The highest BCUT2D eigenvalue weighted by Gasteiger charge is 2.05. The van der Waals surface area contributed by atoms with E-state index in [1.807, 2.05) is 0 Å². The second kappa shape index (κ2) is 4.86. The summed E-state index contributed by atoms with van der Waals surface area (Å²) in [5.74, 6) is -0.510. The molecule has 3 heteroatoms. The number of ketones is 1. The number of rotatable bonds is 4. The number of hydrogen-bond donors (Lipinski definition) is 1. The lowest BCUT2D eigenvalue weighted by atomic mass is 10.0. The predicted octanol–water partition coefficient (Wildman–Crippen LogP) is 1.95. The Labute approximate surface area is 82.4 Å². The number of benzene rings is 1. The van der Waals surface area contributed by atoms with E-state index in [0.29, 0.717) is 24.0 Å². The molecule has 0 radical (unpaired) electrons. The van der Waals surface area contributed by atoms with Crippen molar-refractivity contribution in [1.29, 1.82) is 0 Å². The van der Waals surface area contributed by atoms with Crippen molar-refractivity contribution in [1.82, 2.24) is 0 Å². The van der Waals surface area contributed by atoms with Crippen molar-refractivity contribution in [2.24, 2.45) is 0 Å². The molecule has 0 bridgehead atoms. The SMILES string of the molecule is CC(=O)c1ccc(CCCO)c(F)c1. The van der Waals surface area contributed by atoms with E-state index in [0.717, 1.165) is 0 Å². The minimum Gasteiger partial charge on any atom is -0.396 e. The lowest BCUT2D eigenvalue weighted by Gasteiger charge is -2.03. The van der Waals surface area contributed by atoms with Crippen molar-refractivity contribution in [3.8, 4) is 0 Å². The normalized spacial score (nSPS) is 10.2. The third-order valence-corrected chi connectivity index (χ3v) is 2.06. The van der Waals surface area contributed by atoms with Gasteiger partial charge in [-0.3, -0.25) is 4.79 Å². The first-order chi connectivity index (χ1) is 6.65. The van der Waals surface area contributed by atoms with Crippen LogP contribution in [0, 0.1) is 5.82 Å². The zero-order valence-corrected chi connectivity index (χ0v) is 8.09. The number of halogens is 1. The second-order valence-electron chi connectivity index (χ2n) is 3.19. The molecule has 0 aliphatic carbocycles. The maximum Gasteiger partial charge on any atom is 0.159 e. The number of aryl methyl sites for hydroxylation is 1. The van der Waals surface area contributed by atoms with E-state index in [1.165, 1.54) is 13.0 Å². The number of aliphatic hydroxyl groups excluding tert-OH is 1. The third-order valence-electron chi connectivity index (χ3n) is 2.06. The molecule has 0 unspecified atom stereocenters. The Morgan fingerprint density at radius 1 is 1.50 bits per heavy atom. The lowest BCUT2D eigenvalue weighted by molar-refractivity contribution is 0.101. The number of carbonyl (C=O) groups excluding carboxylic acids is 1. The maximum absolute atomic E-state index is 13.3. The zero-order valence-electron chi connectivity index (χ0n) is 8.09. The van der Waals surface area contributed by atoms with E-state index >= 15 is 0 Å². The molecule has 1 aromatic rings. The molecule has 76 valence electrons. The molecule has 0 amide bonds. The predicted molar refractivity (Wildman–Crippen MR) is 51.8 cm³/mol. The van der Waals surface area contributed by atoms with Gasteiger partial charge >= 0.3 is 0 Å². The van der Waals surface area contributed by atoms with Crippen LogP contribution < -0.4 is 0 Å². The molecule has 0 saturated heterocycles. The van der Waals surface area contributed by atoms with Crippen LogP contribution in [0.5, 0.6) is 0 Å². The summed E-state index contributed by atoms with van der Waals surface area (Å²) in [5.41, 5.74) is 0.930. The molecule has 0 aliphatic heterocycles. The number of Topliss-reactive ketones (excluding diaryl/α,β-unsaturated/α-hetero) is 1. The fourth-order valence-electron chi connectivity index (χ4n) is 1.24. The van der Waals surface area contributed by atoms with Crippen LogP contribution in [-0.4, -0.2) is 17.5 Å². The molecule has 2 nitrogen and oxygen atoms in total. The fourth-order valence-corrected chi connectivity index (χ4v) is 1.24.